The van der Waals surface area contributed by atoms with Crippen LogP contribution in [-0.4, -0.2) is 30.1 Å². The molecular formula is C10H20N2. The van der Waals surface area contributed by atoms with Gasteiger partial charge in [0.05, 0.1) is 0 Å². The van der Waals surface area contributed by atoms with E-state index in [1.54, 1.807) is 0 Å². The predicted molar refractivity (Wildman–Crippen MR) is 53.1 cm³/mol. The maximum atomic E-state index is 5.42. The topological polar surface area (TPSA) is 29.3 Å². The van der Waals surface area contributed by atoms with Crippen LogP contribution in [0, 0.1) is 0 Å². The third-order valence-corrected chi connectivity index (χ3v) is 2.50. The zero-order valence-electron chi connectivity index (χ0n) is 8.16. The number of likely N-dealkylation sites (tertiary alicyclic amines) is 1. The van der Waals surface area contributed by atoms with Crippen molar-refractivity contribution in [2.45, 2.75) is 38.8 Å². The molecule has 2 heteroatoms. The molecule has 70 valence electrons. The summed E-state index contributed by atoms with van der Waals surface area (Å²) in [7, 11) is 0. The molecule has 0 radical (unpaired) electrons. The Balaban J connectivity index is 2.46. The van der Waals surface area contributed by atoms with Gasteiger partial charge in [-0.15, -0.1) is 0 Å². The monoisotopic (exact) mass is 168 g/mol. The minimum Gasteiger partial charge on any atom is -0.327 e. The zero-order chi connectivity index (χ0) is 8.97. The van der Waals surface area contributed by atoms with Crippen molar-refractivity contribution in [2.24, 2.45) is 5.73 Å². The van der Waals surface area contributed by atoms with Crippen molar-refractivity contribution < 1.29 is 0 Å². The fraction of sp³-hybridized carbons (Fsp3) is 0.800. The van der Waals surface area contributed by atoms with Gasteiger partial charge in [-0.2, -0.15) is 0 Å². The molecule has 0 saturated carbocycles. The summed E-state index contributed by atoms with van der Waals surface area (Å²) in [6.07, 6.45) is 6.96. The molecule has 2 nitrogen and oxygen atoms in total. The van der Waals surface area contributed by atoms with Gasteiger partial charge in [-0.1, -0.05) is 12.2 Å². The molecular weight excluding hydrogens is 148 g/mol. The van der Waals surface area contributed by atoms with Crippen LogP contribution in [0.5, 0.6) is 0 Å². The van der Waals surface area contributed by atoms with Crippen LogP contribution in [0.1, 0.15) is 26.7 Å². The quantitative estimate of drug-likeness (QED) is 0.645. The second-order valence-electron chi connectivity index (χ2n) is 3.71. The Kier molecular flexibility index (Phi) is 3.76. The zero-order valence-corrected chi connectivity index (χ0v) is 8.16. The molecule has 0 bridgehead atoms. The van der Waals surface area contributed by atoms with Gasteiger partial charge in [0, 0.05) is 18.6 Å². The maximum Gasteiger partial charge on any atom is 0.0281 e. The fourth-order valence-electron chi connectivity index (χ4n) is 1.90. The molecule has 2 N–H and O–H groups in total. The van der Waals surface area contributed by atoms with E-state index in [0.717, 1.165) is 0 Å². The van der Waals surface area contributed by atoms with Crippen LogP contribution in [0.15, 0.2) is 12.2 Å². The van der Waals surface area contributed by atoms with Crippen LogP contribution >= 0.6 is 0 Å². The van der Waals surface area contributed by atoms with Gasteiger partial charge in [0.2, 0.25) is 0 Å². The van der Waals surface area contributed by atoms with Crippen LogP contribution in [0.25, 0.3) is 0 Å². The van der Waals surface area contributed by atoms with Gasteiger partial charge in [-0.05, 0) is 33.2 Å². The fourth-order valence-corrected chi connectivity index (χ4v) is 1.90. The number of nitrogens with zero attached hydrogens (tertiary/aromatic N) is 1. The Morgan fingerprint density at radius 2 is 2.33 bits per heavy atom. The van der Waals surface area contributed by atoms with E-state index in [1.165, 1.54) is 19.4 Å². The lowest BCUT2D eigenvalue weighted by Gasteiger charge is -2.25. The standard InChI is InChI=1S/C10H20N2/c1-9(2)12-8-4-6-10(12)5-3-7-11/h3,5,9-10H,4,6-8,11H2,1-2H3/b5-3-. The highest BCUT2D eigenvalue weighted by Gasteiger charge is 2.23. The summed E-state index contributed by atoms with van der Waals surface area (Å²) >= 11 is 0. The van der Waals surface area contributed by atoms with E-state index in [9.17, 15) is 0 Å². The van der Waals surface area contributed by atoms with Gasteiger partial charge in [0.1, 0.15) is 0 Å². The lowest BCUT2D eigenvalue weighted by atomic mass is 10.2. The second kappa shape index (κ2) is 4.63. The van der Waals surface area contributed by atoms with Crippen molar-refractivity contribution in [3.63, 3.8) is 0 Å². The Bertz CT molecular complexity index is 152. The first-order chi connectivity index (χ1) is 5.75. The third kappa shape index (κ3) is 2.32. The minimum atomic E-state index is 0.647. The van der Waals surface area contributed by atoms with E-state index in [4.69, 9.17) is 5.73 Å². The average molecular weight is 168 g/mol. The van der Waals surface area contributed by atoms with E-state index < -0.39 is 0 Å². The van der Waals surface area contributed by atoms with Crippen molar-refractivity contribution in [2.75, 3.05) is 13.1 Å². The van der Waals surface area contributed by atoms with Gasteiger partial charge in [-0.25, -0.2) is 0 Å². The lowest BCUT2D eigenvalue weighted by molar-refractivity contribution is 0.234. The molecule has 0 amide bonds. The molecule has 1 heterocycles. The number of hydrogen-bond acceptors (Lipinski definition) is 2. The van der Waals surface area contributed by atoms with Gasteiger partial charge in [0.15, 0.2) is 0 Å². The first kappa shape index (κ1) is 9.75. The summed E-state index contributed by atoms with van der Waals surface area (Å²) in [5.74, 6) is 0. The molecule has 1 rings (SSSR count). The summed E-state index contributed by atoms with van der Waals surface area (Å²) in [5.41, 5.74) is 5.42. The highest BCUT2D eigenvalue weighted by molar-refractivity contribution is 4.98. The van der Waals surface area contributed by atoms with E-state index in [2.05, 4.69) is 30.9 Å². The van der Waals surface area contributed by atoms with Crippen LogP contribution < -0.4 is 5.73 Å². The molecule has 1 atom stereocenters. The molecule has 1 unspecified atom stereocenters. The highest BCUT2D eigenvalue weighted by Crippen LogP contribution is 2.20. The molecule has 1 saturated heterocycles. The summed E-state index contributed by atoms with van der Waals surface area (Å²) in [6.45, 7) is 6.43. The number of nitrogens with two attached hydrogens (primary N) is 1. The van der Waals surface area contributed by atoms with Gasteiger partial charge in [0.25, 0.3) is 0 Å². The van der Waals surface area contributed by atoms with Gasteiger partial charge < -0.3 is 5.73 Å². The van der Waals surface area contributed by atoms with Crippen LogP contribution in [-0.2, 0) is 0 Å². The van der Waals surface area contributed by atoms with Crippen molar-refractivity contribution in [1.82, 2.24) is 4.90 Å². The summed E-state index contributed by atoms with van der Waals surface area (Å²) in [4.78, 5) is 2.53. The smallest absolute Gasteiger partial charge is 0.0281 e. The molecule has 0 aliphatic carbocycles. The SMILES string of the molecule is CC(C)N1CCCC1/C=C\CN. The molecule has 0 aromatic heterocycles. The van der Waals surface area contributed by atoms with Gasteiger partial charge >= 0.3 is 0 Å². The van der Waals surface area contributed by atoms with E-state index >= 15 is 0 Å². The molecule has 0 aromatic carbocycles. The molecule has 0 aromatic rings. The van der Waals surface area contributed by atoms with Crippen molar-refractivity contribution in [1.29, 1.82) is 0 Å². The third-order valence-electron chi connectivity index (χ3n) is 2.50. The second-order valence-corrected chi connectivity index (χ2v) is 3.71. The van der Waals surface area contributed by atoms with Crippen molar-refractivity contribution in [3.8, 4) is 0 Å². The van der Waals surface area contributed by atoms with E-state index in [1.807, 2.05) is 0 Å². The highest BCUT2D eigenvalue weighted by atomic mass is 15.2. The van der Waals surface area contributed by atoms with Crippen molar-refractivity contribution >= 4 is 0 Å². The lowest BCUT2D eigenvalue weighted by Crippen LogP contribution is -2.34. The molecule has 1 fully saturated rings. The molecule has 1 aliphatic heterocycles. The molecule has 0 spiro atoms. The number of hydrogen-bond donors (Lipinski definition) is 1. The first-order valence-electron chi connectivity index (χ1n) is 4.88. The predicted octanol–water partition coefficient (Wildman–Crippen LogP) is 1.37. The van der Waals surface area contributed by atoms with Crippen LogP contribution in [0.3, 0.4) is 0 Å². The molecule has 1 aliphatic rings. The average Bonchev–Trinajstić information content (AvgIpc) is 2.48. The Morgan fingerprint density at radius 1 is 1.58 bits per heavy atom. The van der Waals surface area contributed by atoms with Crippen LogP contribution in [0.2, 0.25) is 0 Å². The minimum absolute atomic E-state index is 0.647. The van der Waals surface area contributed by atoms with Crippen LogP contribution in [0.4, 0.5) is 0 Å². The Morgan fingerprint density at radius 3 is 2.92 bits per heavy atom. The largest absolute Gasteiger partial charge is 0.327 e. The summed E-state index contributed by atoms with van der Waals surface area (Å²) in [5, 5.41) is 0. The Hall–Kier alpha value is -0.340. The Labute approximate surface area is 75.4 Å². The summed E-state index contributed by atoms with van der Waals surface area (Å²) in [6, 6.07) is 1.31. The summed E-state index contributed by atoms with van der Waals surface area (Å²) < 4.78 is 0. The first-order valence-corrected chi connectivity index (χ1v) is 4.88. The maximum absolute atomic E-state index is 5.42. The van der Waals surface area contributed by atoms with E-state index in [0.29, 0.717) is 18.6 Å². The number of rotatable bonds is 3. The van der Waals surface area contributed by atoms with E-state index in [-0.39, 0.29) is 0 Å². The normalized spacial score (nSPS) is 26.2. The molecule has 12 heavy (non-hydrogen) atoms. The van der Waals surface area contributed by atoms with Crippen molar-refractivity contribution in [3.05, 3.63) is 12.2 Å². The van der Waals surface area contributed by atoms with Gasteiger partial charge in [-0.3, -0.25) is 4.90 Å².